The predicted molar refractivity (Wildman–Crippen MR) is 84.8 cm³/mol. The summed E-state index contributed by atoms with van der Waals surface area (Å²) in [6.07, 6.45) is 5.40. The molecule has 2 unspecified atom stereocenters. The van der Waals surface area contributed by atoms with E-state index < -0.39 is 0 Å². The lowest BCUT2D eigenvalue weighted by Gasteiger charge is -2.29. The molecule has 2 atom stereocenters. The van der Waals surface area contributed by atoms with Crippen molar-refractivity contribution in [3.63, 3.8) is 0 Å². The third-order valence-electron chi connectivity index (χ3n) is 4.03. The maximum Gasteiger partial charge on any atom is 0.0412 e. The van der Waals surface area contributed by atoms with Crippen LogP contribution in [0.5, 0.6) is 0 Å². The third kappa shape index (κ3) is 4.90. The molecule has 1 aliphatic rings. The molecule has 1 aliphatic heterocycles. The average Bonchev–Trinajstić information content (AvgIpc) is 2.95. The van der Waals surface area contributed by atoms with Crippen LogP contribution in [0.25, 0.3) is 0 Å². The van der Waals surface area contributed by atoms with E-state index in [1.165, 1.54) is 50.2 Å². The fraction of sp³-hybridized carbons (Fsp3) is 0.750. The zero-order valence-corrected chi connectivity index (χ0v) is 13.2. The summed E-state index contributed by atoms with van der Waals surface area (Å²) in [4.78, 5) is 4.12. The van der Waals surface area contributed by atoms with Gasteiger partial charge in [-0.1, -0.05) is 26.3 Å². The standard InChI is InChI=1S/C16H28N2S/c1-3-15(16-8-7-11-19-16)17-12-14(2)13-18-9-5-4-6-10-18/h7-8,11,14-15,17H,3-6,9-10,12-13H2,1-2H3. The highest BCUT2D eigenvalue weighted by atomic mass is 32.1. The van der Waals surface area contributed by atoms with Crippen LogP contribution in [0.15, 0.2) is 17.5 Å². The highest BCUT2D eigenvalue weighted by Crippen LogP contribution is 2.21. The monoisotopic (exact) mass is 280 g/mol. The molecule has 3 heteroatoms. The number of piperidine rings is 1. The first-order chi connectivity index (χ1) is 9.29. The number of nitrogens with one attached hydrogen (secondary N) is 1. The van der Waals surface area contributed by atoms with E-state index in [1.807, 2.05) is 11.3 Å². The maximum absolute atomic E-state index is 3.74. The van der Waals surface area contributed by atoms with Gasteiger partial charge in [-0.15, -0.1) is 11.3 Å². The summed E-state index contributed by atoms with van der Waals surface area (Å²) in [6.45, 7) is 9.66. The Kier molecular flexibility index (Phi) is 6.35. The van der Waals surface area contributed by atoms with Gasteiger partial charge in [0, 0.05) is 17.5 Å². The Morgan fingerprint density at radius 3 is 2.74 bits per heavy atom. The summed E-state index contributed by atoms with van der Waals surface area (Å²) in [6, 6.07) is 4.95. The van der Waals surface area contributed by atoms with Crippen LogP contribution < -0.4 is 5.32 Å². The van der Waals surface area contributed by atoms with E-state index >= 15 is 0 Å². The molecule has 19 heavy (non-hydrogen) atoms. The highest BCUT2D eigenvalue weighted by Gasteiger charge is 2.15. The van der Waals surface area contributed by atoms with Gasteiger partial charge in [0.15, 0.2) is 0 Å². The van der Waals surface area contributed by atoms with Gasteiger partial charge in [0.25, 0.3) is 0 Å². The summed E-state index contributed by atoms with van der Waals surface area (Å²) in [5.74, 6) is 0.743. The molecule has 2 heterocycles. The van der Waals surface area contributed by atoms with Crippen molar-refractivity contribution in [3.8, 4) is 0 Å². The lowest BCUT2D eigenvalue weighted by molar-refractivity contribution is 0.197. The zero-order chi connectivity index (χ0) is 13.5. The van der Waals surface area contributed by atoms with Crippen LogP contribution in [0.1, 0.15) is 50.4 Å². The quantitative estimate of drug-likeness (QED) is 0.814. The topological polar surface area (TPSA) is 15.3 Å². The molecule has 1 aromatic rings. The van der Waals surface area contributed by atoms with Crippen molar-refractivity contribution in [2.45, 2.75) is 45.6 Å². The normalized spacial score (nSPS) is 20.3. The van der Waals surface area contributed by atoms with Crippen molar-refractivity contribution in [1.82, 2.24) is 10.2 Å². The van der Waals surface area contributed by atoms with Gasteiger partial charge < -0.3 is 10.2 Å². The predicted octanol–water partition coefficient (Wildman–Crippen LogP) is 3.91. The first kappa shape index (κ1) is 15.0. The van der Waals surface area contributed by atoms with Crippen LogP contribution in [-0.4, -0.2) is 31.1 Å². The summed E-state index contributed by atoms with van der Waals surface area (Å²) < 4.78 is 0. The van der Waals surface area contributed by atoms with Gasteiger partial charge in [-0.3, -0.25) is 0 Å². The molecule has 1 N–H and O–H groups in total. The third-order valence-corrected chi connectivity index (χ3v) is 5.01. The fourth-order valence-corrected chi connectivity index (χ4v) is 3.81. The number of likely N-dealkylation sites (tertiary alicyclic amines) is 1. The van der Waals surface area contributed by atoms with Crippen molar-refractivity contribution in [1.29, 1.82) is 0 Å². The average molecular weight is 280 g/mol. The van der Waals surface area contributed by atoms with E-state index in [2.05, 4.69) is 41.6 Å². The van der Waals surface area contributed by atoms with Gasteiger partial charge in [0.2, 0.25) is 0 Å². The molecule has 0 aliphatic carbocycles. The van der Waals surface area contributed by atoms with Crippen molar-refractivity contribution < 1.29 is 0 Å². The lowest BCUT2D eigenvalue weighted by atomic mass is 10.1. The Balaban J connectivity index is 1.71. The van der Waals surface area contributed by atoms with Crippen molar-refractivity contribution in [2.75, 3.05) is 26.2 Å². The second kappa shape index (κ2) is 8.03. The first-order valence-electron chi connectivity index (χ1n) is 7.78. The van der Waals surface area contributed by atoms with Crippen LogP contribution in [0.2, 0.25) is 0 Å². The van der Waals surface area contributed by atoms with E-state index in [-0.39, 0.29) is 0 Å². The molecule has 108 valence electrons. The molecule has 0 saturated carbocycles. The number of thiophene rings is 1. The molecule has 1 saturated heterocycles. The maximum atomic E-state index is 3.74. The number of nitrogens with zero attached hydrogens (tertiary/aromatic N) is 1. The van der Waals surface area contributed by atoms with Crippen LogP contribution >= 0.6 is 11.3 Å². The fourth-order valence-electron chi connectivity index (χ4n) is 2.93. The van der Waals surface area contributed by atoms with E-state index in [1.54, 1.807) is 0 Å². The second-order valence-electron chi connectivity index (χ2n) is 5.85. The molecule has 1 fully saturated rings. The molecule has 0 radical (unpaired) electrons. The Labute approximate surface area is 122 Å². The lowest BCUT2D eigenvalue weighted by Crippen LogP contribution is -2.37. The van der Waals surface area contributed by atoms with E-state index in [4.69, 9.17) is 0 Å². The highest BCUT2D eigenvalue weighted by molar-refractivity contribution is 7.10. The minimum Gasteiger partial charge on any atom is -0.309 e. The molecule has 2 rings (SSSR count). The van der Waals surface area contributed by atoms with E-state index in [9.17, 15) is 0 Å². The van der Waals surface area contributed by atoms with Crippen LogP contribution in [0.3, 0.4) is 0 Å². The summed E-state index contributed by atoms with van der Waals surface area (Å²) in [5, 5.41) is 5.92. The van der Waals surface area contributed by atoms with Gasteiger partial charge in [-0.2, -0.15) is 0 Å². The smallest absolute Gasteiger partial charge is 0.0412 e. The minimum absolute atomic E-state index is 0.545. The molecule has 0 amide bonds. The number of hydrogen-bond donors (Lipinski definition) is 1. The summed E-state index contributed by atoms with van der Waals surface area (Å²) in [7, 11) is 0. The van der Waals surface area contributed by atoms with Crippen LogP contribution in [-0.2, 0) is 0 Å². The van der Waals surface area contributed by atoms with Crippen molar-refractivity contribution in [2.24, 2.45) is 5.92 Å². The number of rotatable bonds is 7. The molecule has 0 aromatic carbocycles. The van der Waals surface area contributed by atoms with Gasteiger partial charge in [0.1, 0.15) is 0 Å². The van der Waals surface area contributed by atoms with Gasteiger partial charge in [0.05, 0.1) is 0 Å². The van der Waals surface area contributed by atoms with Crippen LogP contribution in [0.4, 0.5) is 0 Å². The van der Waals surface area contributed by atoms with E-state index in [0.29, 0.717) is 6.04 Å². The molecule has 1 aromatic heterocycles. The Bertz CT molecular complexity index is 331. The Hall–Kier alpha value is -0.380. The van der Waals surface area contributed by atoms with Gasteiger partial charge >= 0.3 is 0 Å². The zero-order valence-electron chi connectivity index (χ0n) is 12.4. The van der Waals surface area contributed by atoms with E-state index in [0.717, 1.165) is 12.5 Å². The Morgan fingerprint density at radius 1 is 1.32 bits per heavy atom. The largest absolute Gasteiger partial charge is 0.309 e. The molecule has 0 bridgehead atoms. The molecular weight excluding hydrogens is 252 g/mol. The molecule has 2 nitrogen and oxygen atoms in total. The van der Waals surface area contributed by atoms with Gasteiger partial charge in [-0.05, 0) is 56.3 Å². The summed E-state index contributed by atoms with van der Waals surface area (Å²) >= 11 is 1.87. The van der Waals surface area contributed by atoms with Crippen molar-refractivity contribution in [3.05, 3.63) is 22.4 Å². The minimum atomic E-state index is 0.545. The molecule has 0 spiro atoms. The van der Waals surface area contributed by atoms with Gasteiger partial charge in [-0.25, -0.2) is 0 Å². The van der Waals surface area contributed by atoms with Crippen LogP contribution in [0, 0.1) is 5.92 Å². The number of hydrogen-bond acceptors (Lipinski definition) is 3. The first-order valence-corrected chi connectivity index (χ1v) is 8.66. The second-order valence-corrected chi connectivity index (χ2v) is 6.83. The Morgan fingerprint density at radius 2 is 2.11 bits per heavy atom. The SMILES string of the molecule is CCC(NCC(C)CN1CCCCC1)c1cccs1. The molecular formula is C16H28N2S. The summed E-state index contributed by atoms with van der Waals surface area (Å²) in [5.41, 5.74) is 0. The van der Waals surface area contributed by atoms with Crippen molar-refractivity contribution >= 4 is 11.3 Å².